The number of imidazole rings is 1. The smallest absolute Gasteiger partial charge is 0.306 e. The number of β-lactam (4-membered cyclic amide) rings is 1. The predicted molar refractivity (Wildman–Crippen MR) is 137 cm³/mol. The van der Waals surface area contributed by atoms with E-state index in [0.29, 0.717) is 10.6 Å². The normalized spacial score (nSPS) is 18.7. The van der Waals surface area contributed by atoms with E-state index in [-0.39, 0.29) is 28.1 Å². The van der Waals surface area contributed by atoms with E-state index in [2.05, 4.69) is 29.4 Å². The fourth-order valence-corrected chi connectivity index (χ4v) is 5.98. The number of hydrogen-bond donors (Lipinski definition) is 1. The number of thioether (sulfide) groups is 2. The Hall–Kier alpha value is -4.16. The van der Waals surface area contributed by atoms with Crippen molar-refractivity contribution in [2.75, 3.05) is 18.3 Å². The molecule has 2 aliphatic heterocycles. The highest BCUT2D eigenvalue weighted by Gasteiger charge is 2.50. The van der Waals surface area contributed by atoms with Crippen LogP contribution in [0, 0.1) is 0 Å². The van der Waals surface area contributed by atoms with E-state index in [1.165, 1.54) is 23.5 Å². The van der Waals surface area contributed by atoms with E-state index in [4.69, 9.17) is 5.73 Å². The van der Waals surface area contributed by atoms with Crippen molar-refractivity contribution >= 4 is 75.0 Å². The van der Waals surface area contributed by atoms with Gasteiger partial charge in [0.2, 0.25) is 11.5 Å². The molecule has 39 heavy (non-hydrogen) atoms. The summed E-state index contributed by atoms with van der Waals surface area (Å²) in [6, 6.07) is 3.73. The van der Waals surface area contributed by atoms with Crippen molar-refractivity contribution in [1.29, 1.82) is 0 Å². The molecule has 3 aromatic heterocycles. The molecule has 2 N–H and O–H groups in total. The zero-order chi connectivity index (χ0) is 27.7. The number of fused-ring (bicyclic) bond motifs is 2. The number of alkyl halides is 1. The molecule has 0 radical (unpaired) electrons. The van der Waals surface area contributed by atoms with Crippen LogP contribution >= 0.6 is 35.1 Å². The summed E-state index contributed by atoms with van der Waals surface area (Å²) in [7, 11) is 1.90. The van der Waals surface area contributed by atoms with Crippen LogP contribution in [0.2, 0.25) is 0 Å². The largest absolute Gasteiger partial charge is 0.543 e. The first-order valence-corrected chi connectivity index (χ1v) is 13.5. The third-order valence-corrected chi connectivity index (χ3v) is 7.89. The number of hydrogen-bond acceptors (Lipinski definition) is 13. The predicted octanol–water partition coefficient (Wildman–Crippen LogP) is -0.567. The summed E-state index contributed by atoms with van der Waals surface area (Å²) in [4.78, 5) is 50.5. The molecular weight excluding hydrogens is 573 g/mol. The monoisotopic (exact) mass is 589 g/mol. The van der Waals surface area contributed by atoms with Gasteiger partial charge in [-0.3, -0.25) is 14.5 Å². The second kappa shape index (κ2) is 10.9. The fraction of sp³-hybridized carbons (Fsp3) is 0.190. The molecule has 2 aliphatic rings. The second-order valence-electron chi connectivity index (χ2n) is 7.74. The maximum Gasteiger partial charge on any atom is 0.306 e. The number of nitrogens with zero attached hydrogens (tertiary/aromatic N) is 8. The Labute approximate surface area is 230 Å². The summed E-state index contributed by atoms with van der Waals surface area (Å²) >= 11 is 3.22. The Morgan fingerprint density at radius 2 is 2.26 bits per heavy atom. The number of allylic oxidation sites excluding steroid dienone is 1. The van der Waals surface area contributed by atoms with Crippen LogP contribution in [-0.4, -0.2) is 71.1 Å². The Kier molecular flexibility index (Phi) is 7.40. The first-order chi connectivity index (χ1) is 18.8. The molecule has 0 saturated carbocycles. The van der Waals surface area contributed by atoms with Crippen LogP contribution in [0.4, 0.5) is 9.52 Å². The average Bonchev–Trinajstić information content (AvgIpc) is 3.51. The highest BCUT2D eigenvalue weighted by molar-refractivity contribution is 8.02. The van der Waals surface area contributed by atoms with Gasteiger partial charge < -0.3 is 20.5 Å². The average molecular weight is 590 g/mol. The van der Waals surface area contributed by atoms with Gasteiger partial charge in [0.05, 0.1) is 18.7 Å². The van der Waals surface area contributed by atoms with Crippen molar-refractivity contribution in [3.63, 3.8) is 0 Å². The quantitative estimate of drug-likeness (QED) is 0.117. The minimum atomic E-state index is -1.55. The summed E-state index contributed by atoms with van der Waals surface area (Å²) in [5, 5.41) is 21.3. The van der Waals surface area contributed by atoms with Gasteiger partial charge in [-0.1, -0.05) is 22.0 Å². The molecule has 5 rings (SSSR count). The summed E-state index contributed by atoms with van der Waals surface area (Å²) in [6.45, 7) is -1.33. The summed E-state index contributed by atoms with van der Waals surface area (Å²) < 4.78 is 19.9. The second-order valence-corrected chi connectivity index (χ2v) is 10.5. The number of aryl methyl sites for hydroxylation is 1. The van der Waals surface area contributed by atoms with Gasteiger partial charge in [0.25, 0.3) is 12.8 Å². The number of nitrogens with two attached hydrogens (primary N) is 1. The van der Waals surface area contributed by atoms with Crippen LogP contribution in [0.5, 0.6) is 0 Å². The van der Waals surface area contributed by atoms with Crippen LogP contribution in [0.3, 0.4) is 0 Å². The lowest BCUT2D eigenvalue weighted by atomic mass is 10.1. The number of oxime groups is 1. The van der Waals surface area contributed by atoms with Crippen LogP contribution in [0.15, 0.2) is 62.5 Å². The molecule has 2 amide bonds. The molecule has 1 saturated heterocycles. The van der Waals surface area contributed by atoms with Gasteiger partial charge in [-0.05, 0) is 23.1 Å². The minimum absolute atomic E-state index is 0.0183. The van der Waals surface area contributed by atoms with Gasteiger partial charge in [0, 0.05) is 23.4 Å². The lowest BCUT2D eigenvalue weighted by Gasteiger charge is -2.45. The van der Waals surface area contributed by atoms with Crippen molar-refractivity contribution in [3.8, 4) is 0 Å². The Morgan fingerprint density at radius 1 is 1.44 bits per heavy atom. The molecule has 14 nitrogen and oxygen atoms in total. The van der Waals surface area contributed by atoms with Crippen molar-refractivity contribution in [2.45, 2.75) is 10.4 Å². The number of aliphatic imine (C=N–C) groups is 1. The third-order valence-electron chi connectivity index (χ3n) is 5.39. The molecule has 1 fully saturated rings. The van der Waals surface area contributed by atoms with Gasteiger partial charge in [0.15, 0.2) is 11.3 Å². The van der Waals surface area contributed by atoms with E-state index < -0.39 is 35.7 Å². The van der Waals surface area contributed by atoms with Crippen molar-refractivity contribution in [1.82, 2.24) is 23.9 Å². The van der Waals surface area contributed by atoms with E-state index in [1.54, 1.807) is 16.0 Å². The number of anilines is 1. The number of amides is 2. The van der Waals surface area contributed by atoms with E-state index in [1.807, 2.05) is 36.1 Å². The van der Waals surface area contributed by atoms with Gasteiger partial charge >= 0.3 is 11.6 Å². The maximum absolute atomic E-state index is 12.9. The number of carbonyl (C=O) groups is 3. The number of aliphatic carboxylic acids is 1. The number of carboxylic acids is 1. The van der Waals surface area contributed by atoms with Gasteiger partial charge in [-0.15, -0.1) is 16.3 Å². The van der Waals surface area contributed by atoms with Crippen LogP contribution in [0.25, 0.3) is 5.65 Å². The van der Waals surface area contributed by atoms with E-state index in [0.717, 1.165) is 22.1 Å². The zero-order valence-electron chi connectivity index (χ0n) is 19.8. The highest BCUT2D eigenvalue weighted by Crippen LogP contribution is 2.39. The molecule has 0 aliphatic carbocycles. The molecule has 5 heterocycles. The van der Waals surface area contributed by atoms with Crippen LogP contribution < -0.4 is 15.4 Å². The topological polar surface area (TPSA) is 184 Å². The molecule has 0 spiro atoms. The summed E-state index contributed by atoms with van der Waals surface area (Å²) in [6.07, 6.45) is 5.25. The minimum Gasteiger partial charge on any atom is -0.543 e. The SMILES string of the molecule is C[n+]1ccn2nc(S/C=C/C3=C(C(=O)[O-])N4C(=O)C(=NC(=O)/C(=N/OCF)c5nsc(N)n5)[C@H]4SC3)ccc21. The molecule has 0 aromatic carbocycles. The van der Waals surface area contributed by atoms with Crippen molar-refractivity contribution in [2.24, 2.45) is 17.2 Å². The number of carboxylic acid groups (broad SMARTS) is 1. The lowest BCUT2D eigenvalue weighted by molar-refractivity contribution is -0.644. The van der Waals surface area contributed by atoms with Crippen LogP contribution in [0.1, 0.15) is 5.82 Å². The number of nitrogen functional groups attached to an aromatic ring is 1. The fourth-order valence-electron chi connectivity index (χ4n) is 3.66. The van der Waals surface area contributed by atoms with E-state index >= 15 is 0 Å². The Balaban J connectivity index is 1.35. The highest BCUT2D eigenvalue weighted by atomic mass is 32.2. The maximum atomic E-state index is 12.9. The molecule has 1 atom stereocenters. The molecule has 3 aromatic rings. The Bertz CT molecular complexity index is 1630. The number of aromatic nitrogens is 5. The summed E-state index contributed by atoms with van der Waals surface area (Å²) in [5.74, 6) is -3.49. The number of carbonyl (C=O) groups excluding carboxylic acids is 3. The molecule has 18 heteroatoms. The van der Waals surface area contributed by atoms with Gasteiger partial charge in [0.1, 0.15) is 22.3 Å². The van der Waals surface area contributed by atoms with Gasteiger partial charge in [-0.2, -0.15) is 9.36 Å². The number of rotatable bonds is 8. The zero-order valence-corrected chi connectivity index (χ0v) is 22.2. The Morgan fingerprint density at radius 3 is 2.97 bits per heavy atom. The molecule has 200 valence electrons. The first-order valence-electron chi connectivity index (χ1n) is 10.8. The van der Waals surface area contributed by atoms with Crippen molar-refractivity contribution < 1.29 is 33.3 Å². The van der Waals surface area contributed by atoms with Gasteiger partial charge in [-0.25, -0.2) is 13.9 Å². The molecule has 0 bridgehead atoms. The molecule has 0 unspecified atom stereocenters. The van der Waals surface area contributed by atoms with Crippen molar-refractivity contribution in [3.05, 3.63) is 53.1 Å². The third kappa shape index (κ3) is 5.12. The molecular formula is C21H16FN9O5S3. The summed E-state index contributed by atoms with van der Waals surface area (Å²) in [5.41, 5.74) is 5.67. The number of halogens is 1. The van der Waals surface area contributed by atoms with E-state index in [9.17, 15) is 23.9 Å². The van der Waals surface area contributed by atoms with Crippen LogP contribution in [-0.2, 0) is 26.3 Å². The lowest BCUT2D eigenvalue weighted by Crippen LogP contribution is -2.63. The first kappa shape index (κ1) is 26.4. The standard InChI is InChI=1S/C21H16FN9O5S3/c1-29-5-6-30-12(29)3-2-11(26-30)37-7-4-10-8-38-19-14(18(33)31(19)15(10)20(34)35)24-17(32)13(27-36-9-22)16-25-21(23)39-28-16/h2-7,19H,8-9H2,1H3,(H2-,23,25,28,34,35)/b7-4+,24-14?,27-13+/t19-/m1/s1.